The Labute approximate surface area is 175 Å². The van der Waals surface area contributed by atoms with E-state index < -0.39 is 0 Å². The highest BCUT2D eigenvalue weighted by Gasteiger charge is 2.35. The summed E-state index contributed by atoms with van der Waals surface area (Å²) in [7, 11) is 1.62. The van der Waals surface area contributed by atoms with Crippen LogP contribution in [0.4, 0.5) is 0 Å². The predicted octanol–water partition coefficient (Wildman–Crippen LogP) is 3.01. The summed E-state index contributed by atoms with van der Waals surface area (Å²) in [4.78, 5) is 18.8. The van der Waals surface area contributed by atoms with Crippen LogP contribution in [-0.4, -0.2) is 47.8 Å². The van der Waals surface area contributed by atoms with Gasteiger partial charge in [0.2, 0.25) is 11.8 Å². The van der Waals surface area contributed by atoms with Crippen molar-refractivity contribution in [3.63, 3.8) is 0 Å². The summed E-state index contributed by atoms with van der Waals surface area (Å²) in [5, 5.41) is 4.04. The maximum atomic E-state index is 12.5. The molecule has 0 radical (unpaired) electrons. The van der Waals surface area contributed by atoms with Crippen LogP contribution in [0.25, 0.3) is 0 Å². The van der Waals surface area contributed by atoms with Crippen molar-refractivity contribution >= 4 is 5.91 Å². The van der Waals surface area contributed by atoms with Gasteiger partial charge in [-0.1, -0.05) is 47.6 Å². The zero-order chi connectivity index (χ0) is 20.8. The van der Waals surface area contributed by atoms with Crippen LogP contribution in [0, 0.1) is 0 Å². The Bertz CT molecular complexity index is 967. The lowest BCUT2D eigenvalue weighted by Gasteiger charge is -2.37. The zero-order valence-corrected chi connectivity index (χ0v) is 17.0. The Kier molecular flexibility index (Phi) is 6.39. The Morgan fingerprint density at radius 3 is 2.73 bits per heavy atom. The first-order valence-electron chi connectivity index (χ1n) is 10.1. The molecule has 1 amide bonds. The molecule has 2 aromatic carbocycles. The molecule has 1 saturated heterocycles. The molecule has 0 saturated carbocycles. The molecule has 30 heavy (non-hydrogen) atoms. The predicted molar refractivity (Wildman–Crippen MR) is 110 cm³/mol. The second-order valence-corrected chi connectivity index (χ2v) is 7.36. The number of benzene rings is 2. The molecule has 156 valence electrons. The van der Waals surface area contributed by atoms with E-state index in [0.29, 0.717) is 50.9 Å². The molecule has 1 fully saturated rings. The maximum Gasteiger partial charge on any atom is 0.233 e. The molecule has 0 N–H and O–H groups in total. The SMILES string of the molecule is COc1cccc(CC(=O)N2CC(c3nc(CCOCc4ccccc4)no3)C2)c1. The number of nitrogens with zero attached hydrogens (tertiary/aromatic N) is 3. The number of likely N-dealkylation sites (tertiary alicyclic amines) is 1. The molecule has 3 aromatic rings. The smallest absolute Gasteiger partial charge is 0.233 e. The van der Waals surface area contributed by atoms with Crippen LogP contribution in [-0.2, 0) is 29.0 Å². The highest BCUT2D eigenvalue weighted by molar-refractivity contribution is 5.79. The molecule has 0 bridgehead atoms. The lowest BCUT2D eigenvalue weighted by Crippen LogP contribution is -2.49. The van der Waals surface area contributed by atoms with Crippen molar-refractivity contribution in [1.29, 1.82) is 0 Å². The average Bonchev–Trinajstić information content (AvgIpc) is 3.19. The van der Waals surface area contributed by atoms with Crippen molar-refractivity contribution in [3.8, 4) is 5.75 Å². The van der Waals surface area contributed by atoms with Crippen molar-refractivity contribution in [1.82, 2.24) is 15.0 Å². The highest BCUT2D eigenvalue weighted by atomic mass is 16.5. The normalized spacial score (nSPS) is 13.8. The van der Waals surface area contributed by atoms with Crippen molar-refractivity contribution < 1.29 is 18.8 Å². The van der Waals surface area contributed by atoms with E-state index in [1.54, 1.807) is 7.11 Å². The fourth-order valence-electron chi connectivity index (χ4n) is 3.37. The van der Waals surface area contributed by atoms with E-state index in [2.05, 4.69) is 10.1 Å². The van der Waals surface area contributed by atoms with Gasteiger partial charge in [-0.2, -0.15) is 4.98 Å². The number of rotatable bonds is 9. The third kappa shape index (κ3) is 5.04. The number of hydrogen-bond donors (Lipinski definition) is 0. The number of amides is 1. The monoisotopic (exact) mass is 407 g/mol. The molecule has 1 aliphatic rings. The third-order valence-corrected chi connectivity index (χ3v) is 5.14. The third-order valence-electron chi connectivity index (χ3n) is 5.14. The number of aromatic nitrogens is 2. The van der Waals surface area contributed by atoms with E-state index in [4.69, 9.17) is 14.0 Å². The van der Waals surface area contributed by atoms with Crippen LogP contribution in [0.15, 0.2) is 59.1 Å². The molecule has 4 rings (SSSR count). The first-order chi connectivity index (χ1) is 14.7. The van der Waals surface area contributed by atoms with Crippen molar-refractivity contribution in [2.45, 2.75) is 25.4 Å². The molecular formula is C23H25N3O4. The van der Waals surface area contributed by atoms with Crippen LogP contribution in [0.2, 0.25) is 0 Å². The number of ether oxygens (including phenoxy) is 2. The Morgan fingerprint density at radius 1 is 1.13 bits per heavy atom. The molecule has 0 atom stereocenters. The first kappa shape index (κ1) is 20.1. The van der Waals surface area contributed by atoms with Gasteiger partial charge in [0.05, 0.1) is 32.7 Å². The lowest BCUT2D eigenvalue weighted by molar-refractivity contribution is -0.135. The summed E-state index contributed by atoms with van der Waals surface area (Å²) in [6, 6.07) is 17.6. The quantitative estimate of drug-likeness (QED) is 0.508. The van der Waals surface area contributed by atoms with Gasteiger partial charge in [0.1, 0.15) is 5.75 Å². The minimum atomic E-state index is 0.0913. The van der Waals surface area contributed by atoms with Crippen LogP contribution < -0.4 is 4.74 Å². The first-order valence-corrected chi connectivity index (χ1v) is 10.1. The van der Waals surface area contributed by atoms with Crippen LogP contribution in [0.1, 0.15) is 28.8 Å². The van der Waals surface area contributed by atoms with Crippen molar-refractivity contribution in [2.75, 3.05) is 26.8 Å². The van der Waals surface area contributed by atoms with Gasteiger partial charge in [0, 0.05) is 19.5 Å². The van der Waals surface area contributed by atoms with E-state index in [9.17, 15) is 4.79 Å². The number of hydrogen-bond acceptors (Lipinski definition) is 6. The maximum absolute atomic E-state index is 12.5. The second-order valence-electron chi connectivity index (χ2n) is 7.36. The lowest BCUT2D eigenvalue weighted by atomic mass is 9.98. The summed E-state index contributed by atoms with van der Waals surface area (Å²) in [6.45, 7) is 2.31. The van der Waals surface area contributed by atoms with E-state index in [1.165, 1.54) is 0 Å². The standard InChI is InChI=1S/C23H25N3O4/c1-28-20-9-5-8-18(12-20)13-22(27)26-14-19(15-26)23-24-21(25-30-23)10-11-29-16-17-6-3-2-4-7-17/h2-9,12,19H,10-11,13-16H2,1H3. The van der Waals surface area contributed by atoms with Crippen LogP contribution >= 0.6 is 0 Å². The summed E-state index contributed by atoms with van der Waals surface area (Å²) >= 11 is 0. The van der Waals surface area contributed by atoms with Gasteiger partial charge in [0.15, 0.2) is 5.82 Å². The Balaban J connectivity index is 1.19. The van der Waals surface area contributed by atoms with Crippen molar-refractivity contribution in [3.05, 3.63) is 77.4 Å². The molecular weight excluding hydrogens is 382 g/mol. The van der Waals surface area contributed by atoms with Gasteiger partial charge in [-0.05, 0) is 23.3 Å². The van der Waals surface area contributed by atoms with Gasteiger partial charge in [-0.3, -0.25) is 4.79 Å². The molecule has 1 aliphatic heterocycles. The largest absolute Gasteiger partial charge is 0.497 e. The summed E-state index contributed by atoms with van der Waals surface area (Å²) in [6.07, 6.45) is 0.958. The highest BCUT2D eigenvalue weighted by Crippen LogP contribution is 2.26. The number of carbonyl (C=O) groups is 1. The van der Waals surface area contributed by atoms with Crippen LogP contribution in [0.3, 0.4) is 0 Å². The molecule has 1 aromatic heterocycles. The zero-order valence-electron chi connectivity index (χ0n) is 17.0. The van der Waals surface area contributed by atoms with Crippen molar-refractivity contribution in [2.24, 2.45) is 0 Å². The van der Waals surface area contributed by atoms with Gasteiger partial charge in [-0.15, -0.1) is 0 Å². The minimum Gasteiger partial charge on any atom is -0.497 e. The number of methoxy groups -OCH3 is 1. The van der Waals surface area contributed by atoms with E-state index in [1.807, 2.05) is 59.5 Å². The summed E-state index contributed by atoms with van der Waals surface area (Å²) < 4.78 is 16.3. The Hall–Kier alpha value is -3.19. The fourth-order valence-corrected chi connectivity index (χ4v) is 3.37. The van der Waals surface area contributed by atoms with E-state index in [-0.39, 0.29) is 11.8 Å². The van der Waals surface area contributed by atoms with Crippen LogP contribution in [0.5, 0.6) is 5.75 Å². The Morgan fingerprint density at radius 2 is 1.93 bits per heavy atom. The molecule has 2 heterocycles. The van der Waals surface area contributed by atoms with Gasteiger partial charge in [-0.25, -0.2) is 0 Å². The van der Waals surface area contributed by atoms with Gasteiger partial charge in [0.25, 0.3) is 0 Å². The molecule has 0 spiro atoms. The molecule has 7 heteroatoms. The summed E-state index contributed by atoms with van der Waals surface area (Å²) in [5.74, 6) is 2.19. The molecule has 0 aliphatic carbocycles. The average molecular weight is 407 g/mol. The second kappa shape index (κ2) is 9.54. The van der Waals surface area contributed by atoms with Gasteiger partial charge < -0.3 is 18.9 Å². The number of carbonyl (C=O) groups excluding carboxylic acids is 1. The van der Waals surface area contributed by atoms with E-state index >= 15 is 0 Å². The fraction of sp³-hybridized carbons (Fsp3) is 0.348. The molecule has 7 nitrogen and oxygen atoms in total. The van der Waals surface area contributed by atoms with Gasteiger partial charge >= 0.3 is 0 Å². The minimum absolute atomic E-state index is 0.0913. The molecule has 0 unspecified atom stereocenters. The van der Waals surface area contributed by atoms with E-state index in [0.717, 1.165) is 16.9 Å². The topological polar surface area (TPSA) is 77.7 Å². The summed E-state index contributed by atoms with van der Waals surface area (Å²) in [5.41, 5.74) is 2.08.